The number of aromatic nitrogens is 1. The van der Waals surface area contributed by atoms with Gasteiger partial charge in [-0.3, -0.25) is 4.98 Å². The molecule has 2 heterocycles. The second-order valence-corrected chi connectivity index (χ2v) is 7.55. The summed E-state index contributed by atoms with van der Waals surface area (Å²) in [6, 6.07) is 18.0. The van der Waals surface area contributed by atoms with Crippen LogP contribution in [0.5, 0.6) is 0 Å². The Hall–Kier alpha value is -3.82. The highest BCUT2D eigenvalue weighted by molar-refractivity contribution is 5.92. The van der Waals surface area contributed by atoms with Crippen molar-refractivity contribution in [3.8, 4) is 0 Å². The molecule has 0 aliphatic carbocycles. The van der Waals surface area contributed by atoms with Crippen LogP contribution in [0.2, 0.25) is 0 Å². The SMILES string of the molecule is Cc1ccc(NC(=O)NC2CCN(c3ccnc4ccccc34)C2)cc1.O=C(O)C(F)(F)F. The number of carbonyl (C=O) groups excluding carboxylic acids is 1. The molecule has 2 amide bonds. The number of fused-ring (bicyclic) bond motifs is 1. The Morgan fingerprint density at radius 2 is 1.76 bits per heavy atom. The molecule has 1 aliphatic rings. The second kappa shape index (κ2) is 10.2. The predicted octanol–water partition coefficient (Wildman–Crippen LogP) is 4.58. The van der Waals surface area contributed by atoms with Crippen molar-refractivity contribution >= 4 is 34.3 Å². The number of benzene rings is 2. The summed E-state index contributed by atoms with van der Waals surface area (Å²) in [5.41, 5.74) is 4.16. The summed E-state index contributed by atoms with van der Waals surface area (Å²) in [5.74, 6) is -2.76. The van der Waals surface area contributed by atoms with Crippen molar-refractivity contribution in [2.24, 2.45) is 0 Å². The number of rotatable bonds is 3. The van der Waals surface area contributed by atoms with Crippen molar-refractivity contribution in [2.45, 2.75) is 25.6 Å². The summed E-state index contributed by atoms with van der Waals surface area (Å²) >= 11 is 0. The van der Waals surface area contributed by atoms with Gasteiger partial charge in [-0.15, -0.1) is 0 Å². The third-order valence-corrected chi connectivity index (χ3v) is 5.04. The number of anilines is 2. The Morgan fingerprint density at radius 3 is 2.42 bits per heavy atom. The zero-order chi connectivity index (χ0) is 24.0. The maximum Gasteiger partial charge on any atom is 0.490 e. The number of carbonyl (C=O) groups is 2. The van der Waals surface area contributed by atoms with Gasteiger partial charge < -0.3 is 20.6 Å². The van der Waals surface area contributed by atoms with Crippen molar-refractivity contribution in [1.29, 1.82) is 0 Å². The standard InChI is InChI=1S/C21H22N4O.C2HF3O2/c1-15-6-8-16(9-7-15)23-21(26)24-17-11-13-25(14-17)20-10-12-22-19-5-3-2-4-18(19)20;3-2(4,5)1(6)7/h2-10,12,17H,11,13-14H2,1H3,(H2,23,24,26);(H,6,7). The number of alkyl halides is 3. The van der Waals surface area contributed by atoms with Crippen LogP contribution in [0.3, 0.4) is 0 Å². The highest BCUT2D eigenvalue weighted by Gasteiger charge is 2.38. The van der Waals surface area contributed by atoms with Crippen molar-refractivity contribution in [1.82, 2.24) is 10.3 Å². The predicted molar refractivity (Wildman–Crippen MR) is 119 cm³/mol. The van der Waals surface area contributed by atoms with Gasteiger partial charge in [0.1, 0.15) is 0 Å². The fourth-order valence-electron chi connectivity index (χ4n) is 3.44. The molecule has 33 heavy (non-hydrogen) atoms. The van der Waals surface area contributed by atoms with E-state index >= 15 is 0 Å². The molecule has 1 fully saturated rings. The largest absolute Gasteiger partial charge is 0.490 e. The summed E-state index contributed by atoms with van der Waals surface area (Å²) in [5, 5.41) is 14.3. The number of carboxylic acids is 1. The molecule has 0 saturated carbocycles. The van der Waals surface area contributed by atoms with Crippen LogP contribution in [0.1, 0.15) is 12.0 Å². The lowest BCUT2D eigenvalue weighted by Gasteiger charge is -2.20. The van der Waals surface area contributed by atoms with Crippen molar-refractivity contribution in [3.63, 3.8) is 0 Å². The van der Waals surface area contributed by atoms with Crippen LogP contribution in [0.15, 0.2) is 60.8 Å². The highest BCUT2D eigenvalue weighted by Crippen LogP contribution is 2.28. The normalized spacial score (nSPS) is 15.5. The summed E-state index contributed by atoms with van der Waals surface area (Å²) in [6.45, 7) is 3.75. The van der Waals surface area contributed by atoms with Crippen molar-refractivity contribution in [2.75, 3.05) is 23.3 Å². The van der Waals surface area contributed by atoms with E-state index in [1.807, 2.05) is 55.6 Å². The van der Waals surface area contributed by atoms with Crippen LogP contribution in [0.4, 0.5) is 29.3 Å². The molecular weight excluding hydrogens is 437 g/mol. The molecule has 1 unspecified atom stereocenters. The number of carboxylic acid groups (broad SMARTS) is 1. The lowest BCUT2D eigenvalue weighted by atomic mass is 10.2. The van der Waals surface area contributed by atoms with Crippen LogP contribution in [0.25, 0.3) is 10.9 Å². The molecule has 1 saturated heterocycles. The number of hydrogen-bond acceptors (Lipinski definition) is 4. The van der Waals surface area contributed by atoms with Crippen LogP contribution in [-0.2, 0) is 4.79 Å². The molecule has 1 atom stereocenters. The van der Waals surface area contributed by atoms with E-state index in [1.54, 1.807) is 0 Å². The topological polar surface area (TPSA) is 94.6 Å². The monoisotopic (exact) mass is 460 g/mol. The molecule has 2 aromatic carbocycles. The highest BCUT2D eigenvalue weighted by atomic mass is 19.4. The van der Waals surface area contributed by atoms with Crippen molar-refractivity contribution in [3.05, 3.63) is 66.4 Å². The van der Waals surface area contributed by atoms with E-state index in [9.17, 15) is 18.0 Å². The zero-order valence-corrected chi connectivity index (χ0v) is 17.8. The summed E-state index contributed by atoms with van der Waals surface area (Å²) in [4.78, 5) is 27.9. The number of nitrogens with one attached hydrogen (secondary N) is 2. The van der Waals surface area contributed by atoms with Crippen LogP contribution < -0.4 is 15.5 Å². The average molecular weight is 460 g/mol. The lowest BCUT2D eigenvalue weighted by molar-refractivity contribution is -0.192. The Morgan fingerprint density at radius 1 is 1.09 bits per heavy atom. The number of aliphatic carboxylic acids is 1. The lowest BCUT2D eigenvalue weighted by Crippen LogP contribution is -2.39. The molecule has 1 aliphatic heterocycles. The number of pyridine rings is 1. The zero-order valence-electron chi connectivity index (χ0n) is 17.8. The van der Waals surface area contributed by atoms with E-state index in [0.29, 0.717) is 0 Å². The Kier molecular flexibility index (Phi) is 7.37. The second-order valence-electron chi connectivity index (χ2n) is 7.55. The van der Waals surface area contributed by atoms with E-state index in [-0.39, 0.29) is 12.1 Å². The number of aryl methyl sites for hydroxylation is 1. The first-order valence-electron chi connectivity index (χ1n) is 10.2. The summed E-state index contributed by atoms with van der Waals surface area (Å²) in [7, 11) is 0. The van der Waals surface area contributed by atoms with E-state index in [0.717, 1.165) is 36.1 Å². The molecule has 0 radical (unpaired) electrons. The number of nitrogens with zero attached hydrogens (tertiary/aromatic N) is 2. The van der Waals surface area contributed by atoms with Gasteiger partial charge in [-0.1, -0.05) is 35.9 Å². The molecule has 10 heteroatoms. The first-order valence-corrected chi connectivity index (χ1v) is 10.2. The Labute approximate surface area is 188 Å². The fraction of sp³-hybridized carbons (Fsp3) is 0.261. The number of para-hydroxylation sites is 1. The average Bonchev–Trinajstić information content (AvgIpc) is 3.23. The van der Waals surface area contributed by atoms with E-state index in [1.165, 1.54) is 11.3 Å². The smallest absolute Gasteiger partial charge is 0.475 e. The molecule has 3 aromatic rings. The molecule has 0 spiro atoms. The quantitative estimate of drug-likeness (QED) is 0.532. The number of hydrogen-bond donors (Lipinski definition) is 3. The van der Waals surface area contributed by atoms with Gasteiger partial charge in [-0.25, -0.2) is 9.59 Å². The van der Waals surface area contributed by atoms with Crippen LogP contribution in [-0.4, -0.2) is 47.4 Å². The van der Waals surface area contributed by atoms with E-state index in [4.69, 9.17) is 9.90 Å². The summed E-state index contributed by atoms with van der Waals surface area (Å²) in [6.07, 6.45) is -2.31. The minimum absolute atomic E-state index is 0.132. The Balaban J connectivity index is 0.000000383. The first kappa shape index (κ1) is 23.8. The number of amides is 2. The molecule has 0 bridgehead atoms. The van der Waals surface area contributed by atoms with Gasteiger partial charge in [0.25, 0.3) is 0 Å². The molecule has 4 rings (SSSR count). The van der Waals surface area contributed by atoms with E-state index < -0.39 is 12.1 Å². The fourth-order valence-corrected chi connectivity index (χ4v) is 3.44. The number of halogens is 3. The Bertz CT molecular complexity index is 1110. The van der Waals surface area contributed by atoms with Gasteiger partial charge in [-0.2, -0.15) is 13.2 Å². The molecule has 3 N–H and O–H groups in total. The third-order valence-electron chi connectivity index (χ3n) is 5.04. The molecule has 174 valence electrons. The molecule has 7 nitrogen and oxygen atoms in total. The first-order chi connectivity index (χ1) is 15.6. The van der Waals surface area contributed by atoms with Gasteiger partial charge in [0.15, 0.2) is 0 Å². The van der Waals surface area contributed by atoms with Crippen LogP contribution >= 0.6 is 0 Å². The van der Waals surface area contributed by atoms with E-state index in [2.05, 4.69) is 32.7 Å². The van der Waals surface area contributed by atoms with Crippen LogP contribution in [0, 0.1) is 6.92 Å². The number of urea groups is 1. The molecule has 1 aromatic heterocycles. The maximum atomic E-state index is 12.3. The van der Waals surface area contributed by atoms with Crippen molar-refractivity contribution < 1.29 is 27.9 Å². The van der Waals surface area contributed by atoms with Gasteiger partial charge in [0, 0.05) is 42.1 Å². The summed E-state index contributed by atoms with van der Waals surface area (Å²) < 4.78 is 31.7. The van der Waals surface area contributed by atoms with Gasteiger partial charge >= 0.3 is 18.2 Å². The van der Waals surface area contributed by atoms with Gasteiger partial charge in [0.2, 0.25) is 0 Å². The molecular formula is C23H23F3N4O3. The minimum atomic E-state index is -5.08. The van der Waals surface area contributed by atoms with Gasteiger partial charge in [0.05, 0.1) is 5.52 Å². The maximum absolute atomic E-state index is 12.3. The third kappa shape index (κ3) is 6.58. The minimum Gasteiger partial charge on any atom is -0.475 e. The van der Waals surface area contributed by atoms with Gasteiger partial charge in [-0.05, 0) is 37.6 Å².